The van der Waals surface area contributed by atoms with Crippen molar-refractivity contribution in [1.29, 1.82) is 0 Å². The van der Waals surface area contributed by atoms with Crippen molar-refractivity contribution in [2.24, 2.45) is 5.92 Å². The van der Waals surface area contributed by atoms with E-state index in [1.165, 1.54) is 11.1 Å². The highest BCUT2D eigenvalue weighted by atomic mass is 15.1. The lowest BCUT2D eigenvalue weighted by Gasteiger charge is -2.20. The van der Waals surface area contributed by atoms with Gasteiger partial charge in [-0.15, -0.1) is 0 Å². The Labute approximate surface area is 98.8 Å². The van der Waals surface area contributed by atoms with Gasteiger partial charge in [-0.25, -0.2) is 0 Å². The van der Waals surface area contributed by atoms with Gasteiger partial charge in [0.1, 0.15) is 0 Å². The van der Waals surface area contributed by atoms with Crippen LogP contribution in [0.4, 0.5) is 5.69 Å². The van der Waals surface area contributed by atoms with Crippen LogP contribution in [0.1, 0.15) is 19.4 Å². The third kappa shape index (κ3) is 3.38. The highest BCUT2D eigenvalue weighted by Gasteiger charge is 2.11. The minimum atomic E-state index is 0.516. The molecular formula is C14H22N2. The summed E-state index contributed by atoms with van der Waals surface area (Å²) >= 11 is 0. The van der Waals surface area contributed by atoms with Gasteiger partial charge in [0.15, 0.2) is 0 Å². The fourth-order valence-electron chi connectivity index (χ4n) is 2.10. The SMILES string of the molecule is CC=C(c1cccc(N)c1)C(C)CN(C)C. The van der Waals surface area contributed by atoms with Gasteiger partial charge >= 0.3 is 0 Å². The summed E-state index contributed by atoms with van der Waals surface area (Å²) in [4.78, 5) is 2.21. The van der Waals surface area contributed by atoms with Gasteiger partial charge in [0.2, 0.25) is 0 Å². The van der Waals surface area contributed by atoms with Crippen LogP contribution in [0.3, 0.4) is 0 Å². The summed E-state index contributed by atoms with van der Waals surface area (Å²) in [6.45, 7) is 5.39. The Balaban J connectivity index is 2.91. The number of anilines is 1. The molecule has 0 heterocycles. The second kappa shape index (κ2) is 5.71. The molecule has 2 heteroatoms. The molecule has 1 aromatic carbocycles. The van der Waals surface area contributed by atoms with Crippen molar-refractivity contribution in [2.45, 2.75) is 13.8 Å². The molecule has 0 aliphatic rings. The third-order valence-electron chi connectivity index (χ3n) is 2.70. The Morgan fingerprint density at radius 1 is 1.44 bits per heavy atom. The predicted octanol–water partition coefficient (Wildman–Crippen LogP) is 2.87. The Morgan fingerprint density at radius 3 is 2.62 bits per heavy atom. The Bertz CT molecular complexity index is 367. The molecule has 0 radical (unpaired) electrons. The number of benzene rings is 1. The van der Waals surface area contributed by atoms with Crippen molar-refractivity contribution < 1.29 is 0 Å². The van der Waals surface area contributed by atoms with Gasteiger partial charge < -0.3 is 10.6 Å². The zero-order valence-corrected chi connectivity index (χ0v) is 10.7. The summed E-state index contributed by atoms with van der Waals surface area (Å²) in [5, 5.41) is 0. The fraction of sp³-hybridized carbons (Fsp3) is 0.429. The zero-order chi connectivity index (χ0) is 12.1. The van der Waals surface area contributed by atoms with E-state index in [1.54, 1.807) is 0 Å². The van der Waals surface area contributed by atoms with E-state index in [1.807, 2.05) is 18.2 Å². The van der Waals surface area contributed by atoms with Crippen LogP contribution in [0.15, 0.2) is 30.3 Å². The Morgan fingerprint density at radius 2 is 2.12 bits per heavy atom. The van der Waals surface area contributed by atoms with Gasteiger partial charge in [-0.05, 0) is 50.2 Å². The molecule has 1 rings (SSSR count). The molecule has 0 aliphatic heterocycles. The molecule has 2 N–H and O–H groups in total. The van der Waals surface area contributed by atoms with E-state index < -0.39 is 0 Å². The van der Waals surface area contributed by atoms with Crippen LogP contribution in [0.5, 0.6) is 0 Å². The van der Waals surface area contributed by atoms with Crippen molar-refractivity contribution in [3.63, 3.8) is 0 Å². The lowest BCUT2D eigenvalue weighted by molar-refractivity contribution is 0.376. The minimum Gasteiger partial charge on any atom is -0.399 e. The molecule has 0 saturated carbocycles. The number of rotatable bonds is 4. The number of allylic oxidation sites excluding steroid dienone is 1. The molecule has 2 nitrogen and oxygen atoms in total. The number of nitrogens with zero attached hydrogens (tertiary/aromatic N) is 1. The van der Waals surface area contributed by atoms with Crippen LogP contribution >= 0.6 is 0 Å². The van der Waals surface area contributed by atoms with Crippen molar-refractivity contribution in [3.8, 4) is 0 Å². The molecule has 88 valence electrons. The number of hydrogen-bond donors (Lipinski definition) is 1. The molecule has 0 spiro atoms. The monoisotopic (exact) mass is 218 g/mol. The Kier molecular flexibility index (Phi) is 4.56. The average Bonchev–Trinajstić information content (AvgIpc) is 2.17. The summed E-state index contributed by atoms with van der Waals surface area (Å²) < 4.78 is 0. The quantitative estimate of drug-likeness (QED) is 0.787. The summed E-state index contributed by atoms with van der Waals surface area (Å²) in [6, 6.07) is 8.10. The van der Waals surface area contributed by atoms with E-state index in [0.29, 0.717) is 5.92 Å². The van der Waals surface area contributed by atoms with Crippen LogP contribution in [0, 0.1) is 5.92 Å². The first kappa shape index (κ1) is 12.8. The van der Waals surface area contributed by atoms with Gasteiger partial charge in [0.25, 0.3) is 0 Å². The van der Waals surface area contributed by atoms with Gasteiger partial charge in [-0.3, -0.25) is 0 Å². The van der Waals surface area contributed by atoms with Crippen molar-refractivity contribution in [2.75, 3.05) is 26.4 Å². The first-order valence-electron chi connectivity index (χ1n) is 5.71. The Hall–Kier alpha value is -1.28. The van der Waals surface area contributed by atoms with Crippen LogP contribution < -0.4 is 5.73 Å². The lowest BCUT2D eigenvalue weighted by Crippen LogP contribution is -2.20. The summed E-state index contributed by atoms with van der Waals surface area (Å²) in [7, 11) is 4.20. The fourth-order valence-corrected chi connectivity index (χ4v) is 2.10. The molecule has 1 unspecified atom stereocenters. The standard InChI is InChI=1S/C14H22N2/c1-5-14(11(2)10-16(3)4)12-7-6-8-13(15)9-12/h5-9,11H,10,15H2,1-4H3. The minimum absolute atomic E-state index is 0.516. The molecule has 1 aromatic rings. The summed E-state index contributed by atoms with van der Waals surface area (Å²) in [6.07, 6.45) is 2.18. The summed E-state index contributed by atoms with van der Waals surface area (Å²) in [5.74, 6) is 0.516. The smallest absolute Gasteiger partial charge is 0.0320 e. The van der Waals surface area contributed by atoms with E-state index in [0.717, 1.165) is 12.2 Å². The molecule has 0 saturated heterocycles. The number of nitrogens with two attached hydrogens (primary N) is 1. The van der Waals surface area contributed by atoms with Crippen LogP contribution in [0.2, 0.25) is 0 Å². The normalized spacial score (nSPS) is 14.2. The second-order valence-electron chi connectivity index (χ2n) is 4.53. The highest BCUT2D eigenvalue weighted by molar-refractivity contribution is 5.69. The lowest BCUT2D eigenvalue weighted by atomic mass is 9.93. The van der Waals surface area contributed by atoms with Crippen LogP contribution in [0.25, 0.3) is 5.57 Å². The van der Waals surface area contributed by atoms with Crippen molar-refractivity contribution >= 4 is 11.3 Å². The molecule has 0 fully saturated rings. The van der Waals surface area contributed by atoms with E-state index >= 15 is 0 Å². The van der Waals surface area contributed by atoms with Crippen LogP contribution in [-0.4, -0.2) is 25.5 Å². The first-order chi connectivity index (χ1) is 7.54. The van der Waals surface area contributed by atoms with Crippen LogP contribution in [-0.2, 0) is 0 Å². The van der Waals surface area contributed by atoms with E-state index in [2.05, 4.69) is 45.0 Å². The average molecular weight is 218 g/mol. The number of nitrogen functional groups attached to an aromatic ring is 1. The third-order valence-corrected chi connectivity index (χ3v) is 2.70. The topological polar surface area (TPSA) is 29.3 Å². The number of hydrogen-bond acceptors (Lipinski definition) is 2. The van der Waals surface area contributed by atoms with Crippen molar-refractivity contribution in [1.82, 2.24) is 4.90 Å². The molecule has 0 bridgehead atoms. The summed E-state index contributed by atoms with van der Waals surface area (Å²) in [5.41, 5.74) is 9.24. The van der Waals surface area contributed by atoms with E-state index in [-0.39, 0.29) is 0 Å². The van der Waals surface area contributed by atoms with Gasteiger partial charge in [0, 0.05) is 12.2 Å². The van der Waals surface area contributed by atoms with Gasteiger partial charge in [-0.1, -0.05) is 25.1 Å². The predicted molar refractivity (Wildman–Crippen MR) is 72.2 cm³/mol. The molecule has 16 heavy (non-hydrogen) atoms. The molecule has 0 aliphatic carbocycles. The van der Waals surface area contributed by atoms with Gasteiger partial charge in [-0.2, -0.15) is 0 Å². The first-order valence-corrected chi connectivity index (χ1v) is 5.71. The zero-order valence-electron chi connectivity index (χ0n) is 10.7. The van der Waals surface area contributed by atoms with E-state index in [9.17, 15) is 0 Å². The maximum atomic E-state index is 5.81. The van der Waals surface area contributed by atoms with Crippen molar-refractivity contribution in [3.05, 3.63) is 35.9 Å². The molecule has 1 atom stereocenters. The highest BCUT2D eigenvalue weighted by Crippen LogP contribution is 2.25. The largest absolute Gasteiger partial charge is 0.399 e. The maximum Gasteiger partial charge on any atom is 0.0320 e. The maximum absolute atomic E-state index is 5.81. The second-order valence-corrected chi connectivity index (χ2v) is 4.53. The van der Waals surface area contributed by atoms with Gasteiger partial charge in [0.05, 0.1) is 0 Å². The molecular weight excluding hydrogens is 196 g/mol. The molecule has 0 aromatic heterocycles. The van der Waals surface area contributed by atoms with E-state index in [4.69, 9.17) is 5.73 Å². The molecule has 0 amide bonds.